The monoisotopic (exact) mass is 626 g/mol. The van der Waals surface area contributed by atoms with Crippen LogP contribution in [-0.4, -0.2) is 81.7 Å². The van der Waals surface area contributed by atoms with E-state index in [-0.39, 0.29) is 58.8 Å². The summed E-state index contributed by atoms with van der Waals surface area (Å²) in [4.78, 5) is 15.4. The molecule has 14 heteroatoms. The van der Waals surface area contributed by atoms with Crippen LogP contribution < -0.4 is 10.0 Å². The number of ether oxygens (including phenoxy) is 2. The number of carbonyl (C=O) groups excluding carboxylic acids is 1. The number of hydrogen-bond acceptors (Lipinski definition) is 9. The van der Waals surface area contributed by atoms with Crippen molar-refractivity contribution >= 4 is 45.0 Å². The number of anilines is 1. The fourth-order valence-corrected chi connectivity index (χ4v) is 7.44. The number of carbonyl (C=O) groups is 1. The second-order valence-electron chi connectivity index (χ2n) is 10.4. The van der Waals surface area contributed by atoms with Crippen LogP contribution in [-0.2, 0) is 24.3 Å². The molecule has 9 nitrogen and oxygen atoms in total. The highest BCUT2D eigenvalue weighted by molar-refractivity contribution is 7.99. The number of rotatable bonds is 11. The number of amides is 1. The molecule has 41 heavy (non-hydrogen) atoms. The SMILES string of the molecule is N#Cc1cc(S(=O)(=O)NC(=O)[C@]23CO[C@H](CCO2)C3)cc(Cl)c1N[C@H](CCN1CC(F)C1)CSc1ccc(F)cc1. The van der Waals surface area contributed by atoms with Gasteiger partial charge in [-0.1, -0.05) is 11.6 Å². The topological polar surface area (TPSA) is 121 Å². The molecule has 1 amide bonds. The molecule has 0 aromatic heterocycles. The molecule has 2 aromatic carbocycles. The summed E-state index contributed by atoms with van der Waals surface area (Å²) < 4.78 is 66.2. The number of sulfonamides is 1. The van der Waals surface area contributed by atoms with E-state index in [0.29, 0.717) is 38.2 Å². The molecular formula is C27H29ClF2N4O5S2. The predicted molar refractivity (Wildman–Crippen MR) is 150 cm³/mol. The van der Waals surface area contributed by atoms with Crippen LogP contribution in [0.2, 0.25) is 5.02 Å². The highest BCUT2D eigenvalue weighted by Gasteiger charge is 2.51. The third-order valence-electron chi connectivity index (χ3n) is 7.38. The van der Waals surface area contributed by atoms with Gasteiger partial charge in [0.15, 0.2) is 5.60 Å². The van der Waals surface area contributed by atoms with E-state index in [1.165, 1.54) is 30.0 Å². The minimum absolute atomic E-state index is 0.0160. The molecule has 3 saturated heterocycles. The average Bonchev–Trinajstić information content (AvgIpc) is 3.24. The Morgan fingerprint density at radius 3 is 2.76 bits per heavy atom. The molecule has 5 rings (SSSR count). The molecular weight excluding hydrogens is 598 g/mol. The maximum Gasteiger partial charge on any atom is 0.268 e. The molecule has 0 spiro atoms. The summed E-state index contributed by atoms with van der Waals surface area (Å²) in [6.45, 7) is 1.58. The van der Waals surface area contributed by atoms with E-state index in [0.717, 1.165) is 11.0 Å². The van der Waals surface area contributed by atoms with E-state index in [9.17, 15) is 27.3 Å². The lowest BCUT2D eigenvalue weighted by molar-refractivity contribution is -0.146. The lowest BCUT2D eigenvalue weighted by Gasteiger charge is -2.35. The van der Waals surface area contributed by atoms with Crippen LogP contribution in [0.25, 0.3) is 0 Å². The average molecular weight is 627 g/mol. The molecule has 3 fully saturated rings. The highest BCUT2D eigenvalue weighted by atomic mass is 35.5. The predicted octanol–water partition coefficient (Wildman–Crippen LogP) is 3.72. The number of fused-ring (bicyclic) bond motifs is 2. The van der Waals surface area contributed by atoms with E-state index in [4.69, 9.17) is 21.1 Å². The molecule has 0 saturated carbocycles. The summed E-state index contributed by atoms with van der Waals surface area (Å²) in [6, 6.07) is 10.2. The van der Waals surface area contributed by atoms with E-state index in [1.54, 1.807) is 12.1 Å². The number of hydrogen-bond donors (Lipinski definition) is 2. The molecule has 3 aliphatic rings. The van der Waals surface area contributed by atoms with Crippen LogP contribution in [0.3, 0.4) is 0 Å². The first-order valence-corrected chi connectivity index (χ1v) is 16.0. The minimum Gasteiger partial charge on any atom is -0.379 e. The summed E-state index contributed by atoms with van der Waals surface area (Å²) in [5.74, 6) is -0.650. The largest absolute Gasteiger partial charge is 0.379 e. The van der Waals surface area contributed by atoms with Crippen molar-refractivity contribution < 1.29 is 31.5 Å². The zero-order chi connectivity index (χ0) is 29.2. The van der Waals surface area contributed by atoms with E-state index < -0.39 is 27.7 Å². The van der Waals surface area contributed by atoms with Crippen LogP contribution in [0.15, 0.2) is 46.2 Å². The molecule has 3 atom stereocenters. The second kappa shape index (κ2) is 12.4. The molecule has 2 aromatic rings. The van der Waals surface area contributed by atoms with Gasteiger partial charge in [0.2, 0.25) is 0 Å². The first kappa shape index (κ1) is 30.0. The summed E-state index contributed by atoms with van der Waals surface area (Å²) in [6.07, 6.45) is 0.494. The van der Waals surface area contributed by atoms with Gasteiger partial charge in [-0.15, -0.1) is 11.8 Å². The van der Waals surface area contributed by atoms with E-state index in [2.05, 4.69) is 10.0 Å². The Hall–Kier alpha value is -2.47. The highest BCUT2D eigenvalue weighted by Crippen LogP contribution is 2.36. The van der Waals surface area contributed by atoms with Gasteiger partial charge in [-0.05, 0) is 49.2 Å². The summed E-state index contributed by atoms with van der Waals surface area (Å²) >= 11 is 7.99. The summed E-state index contributed by atoms with van der Waals surface area (Å²) in [7, 11) is -4.39. The van der Waals surface area contributed by atoms with E-state index in [1.807, 2.05) is 11.0 Å². The van der Waals surface area contributed by atoms with Crippen LogP contribution in [0.5, 0.6) is 0 Å². The Morgan fingerprint density at radius 1 is 1.29 bits per heavy atom. The number of nitriles is 1. The van der Waals surface area contributed by atoms with Crippen LogP contribution in [0.4, 0.5) is 14.5 Å². The van der Waals surface area contributed by atoms with Crippen molar-refractivity contribution in [2.45, 2.75) is 53.0 Å². The third-order valence-corrected chi connectivity index (χ3v) is 10.2. The number of nitrogens with zero attached hydrogens (tertiary/aromatic N) is 2. The van der Waals surface area contributed by atoms with Gasteiger partial charge >= 0.3 is 0 Å². The molecule has 0 radical (unpaired) electrons. The first-order valence-electron chi connectivity index (χ1n) is 13.1. The Kier molecular flexibility index (Phi) is 9.08. The second-order valence-corrected chi connectivity index (χ2v) is 13.6. The zero-order valence-corrected chi connectivity index (χ0v) is 24.3. The number of nitrogens with one attached hydrogen (secondary N) is 2. The first-order chi connectivity index (χ1) is 19.6. The molecule has 2 N–H and O–H groups in total. The number of benzene rings is 2. The van der Waals surface area contributed by atoms with Crippen molar-refractivity contribution in [1.82, 2.24) is 9.62 Å². The van der Waals surface area contributed by atoms with Crippen molar-refractivity contribution in [3.63, 3.8) is 0 Å². The summed E-state index contributed by atoms with van der Waals surface area (Å²) in [5.41, 5.74) is -1.14. The Labute approximate surface area is 246 Å². The number of halogens is 3. The van der Waals surface area contributed by atoms with Crippen molar-refractivity contribution in [2.24, 2.45) is 0 Å². The Bertz CT molecular complexity index is 1430. The van der Waals surface area contributed by atoms with Crippen LogP contribution >= 0.6 is 23.4 Å². The molecule has 0 aliphatic carbocycles. The maximum atomic E-state index is 13.3. The fourth-order valence-electron chi connectivity index (χ4n) is 5.04. The smallest absolute Gasteiger partial charge is 0.268 e. The number of thioether (sulfide) groups is 1. The van der Waals surface area contributed by atoms with Gasteiger partial charge < -0.3 is 14.8 Å². The number of likely N-dealkylation sites (tertiary alicyclic amines) is 1. The van der Waals surface area contributed by atoms with Gasteiger partial charge in [-0.3, -0.25) is 9.69 Å². The standard InChI is InChI=1S/C27H29ClF2N4O5S2/c28-24-10-23(41(36,37)33-26(35)27-11-21(38-16-27)6-8-39-27)9-17(12-31)25(24)32-20(5-7-34-13-19(30)14-34)15-40-22-3-1-18(29)2-4-22/h1-4,9-10,19-21,32H,5-8,11,13-16H2,(H,33,35)/t20-,21-,27+/m1/s1. The molecule has 2 bridgehead atoms. The van der Waals surface area contributed by atoms with Gasteiger partial charge in [0.25, 0.3) is 15.9 Å². The molecule has 220 valence electrons. The maximum absolute atomic E-state index is 13.3. The summed E-state index contributed by atoms with van der Waals surface area (Å²) in [5, 5.41) is 13.1. The quantitative estimate of drug-likeness (QED) is 0.360. The fraction of sp³-hybridized carbons (Fsp3) is 0.481. The van der Waals surface area contributed by atoms with Gasteiger partial charge in [0.1, 0.15) is 18.1 Å². The normalized spacial score (nSPS) is 23.4. The van der Waals surface area contributed by atoms with Gasteiger partial charge in [-0.25, -0.2) is 21.9 Å². The Balaban J connectivity index is 1.32. The zero-order valence-electron chi connectivity index (χ0n) is 21.9. The molecule has 3 heterocycles. The van der Waals surface area contributed by atoms with Crippen LogP contribution in [0, 0.1) is 17.1 Å². The third kappa shape index (κ3) is 6.96. The van der Waals surface area contributed by atoms with E-state index >= 15 is 0 Å². The minimum atomic E-state index is -4.39. The van der Waals surface area contributed by atoms with Crippen molar-refractivity contribution in [2.75, 3.05) is 43.9 Å². The number of alkyl halides is 1. The lowest BCUT2D eigenvalue weighted by atomic mass is 9.95. The van der Waals surface area contributed by atoms with Gasteiger partial charge in [0.05, 0.1) is 40.5 Å². The van der Waals surface area contributed by atoms with Crippen LogP contribution in [0.1, 0.15) is 24.8 Å². The van der Waals surface area contributed by atoms with Gasteiger partial charge in [-0.2, -0.15) is 5.26 Å². The van der Waals surface area contributed by atoms with Crippen molar-refractivity contribution in [3.05, 3.63) is 52.8 Å². The molecule has 3 aliphatic heterocycles. The molecule has 0 unspecified atom stereocenters. The van der Waals surface area contributed by atoms with Gasteiger partial charge in [0, 0.05) is 42.7 Å². The van der Waals surface area contributed by atoms with Crippen molar-refractivity contribution in [3.8, 4) is 6.07 Å². The lowest BCUT2D eigenvalue weighted by Crippen LogP contribution is -2.52. The van der Waals surface area contributed by atoms with Crippen molar-refractivity contribution in [1.29, 1.82) is 5.26 Å². The Morgan fingerprint density at radius 2 is 2.05 bits per heavy atom.